The SMILES string of the molecule is CC[C@@H](C)C(=O)N[C@H](C(=O)N1CC[C@@H]2[C@H]1[C@@H](C(=O)C[C@H]1CCc3ccccc31)CN2S(C)(=O)=O)C1CCCCC1. The zero-order chi connectivity index (χ0) is 28.6. The molecule has 6 atom stereocenters. The van der Waals surface area contributed by atoms with Gasteiger partial charge in [0.15, 0.2) is 0 Å². The molecule has 8 nitrogen and oxygen atoms in total. The molecule has 0 aromatic heterocycles. The minimum Gasteiger partial charge on any atom is -0.344 e. The van der Waals surface area contributed by atoms with Gasteiger partial charge in [0.2, 0.25) is 21.8 Å². The van der Waals surface area contributed by atoms with E-state index in [9.17, 15) is 22.8 Å². The third-order valence-electron chi connectivity index (χ3n) is 10.2. The van der Waals surface area contributed by atoms with Crippen LogP contribution in [0.2, 0.25) is 0 Å². The number of ketones is 1. The Labute approximate surface area is 239 Å². The maximum atomic E-state index is 14.3. The maximum absolute atomic E-state index is 14.3. The number of carbonyl (C=O) groups excluding carboxylic acids is 3. The van der Waals surface area contributed by atoms with Gasteiger partial charge >= 0.3 is 0 Å². The standard InChI is InChI=1S/C31H45N3O5S/c1-4-20(2)30(36)32-28(22-11-6-5-7-12-22)31(37)33-17-16-26-29(33)25(19-34(26)40(3,38)39)27(35)18-23-15-14-21-10-8-9-13-24(21)23/h8-10,13,20,22-23,25-26,28-29H,4-7,11-12,14-19H2,1-3H3,(H,32,36)/t20-,23-,25-,26-,28+,29-/m1/s1. The minimum absolute atomic E-state index is 0.0420. The van der Waals surface area contributed by atoms with Crippen LogP contribution in [0.3, 0.4) is 0 Å². The summed E-state index contributed by atoms with van der Waals surface area (Å²) in [7, 11) is -3.55. The third-order valence-corrected chi connectivity index (χ3v) is 11.4. The van der Waals surface area contributed by atoms with Crippen LogP contribution in [0.4, 0.5) is 0 Å². The average molecular weight is 572 g/mol. The summed E-state index contributed by atoms with van der Waals surface area (Å²) in [6.07, 6.45) is 9.60. The molecule has 0 spiro atoms. The van der Waals surface area contributed by atoms with Crippen LogP contribution in [0.25, 0.3) is 0 Å². The molecule has 1 saturated carbocycles. The first-order chi connectivity index (χ1) is 19.1. The topological polar surface area (TPSA) is 104 Å². The van der Waals surface area contributed by atoms with Crippen molar-refractivity contribution < 1.29 is 22.8 Å². The van der Waals surface area contributed by atoms with Crippen LogP contribution in [-0.4, -0.2) is 72.7 Å². The molecule has 4 aliphatic rings. The fourth-order valence-corrected chi connectivity index (χ4v) is 8.88. The number of hydrogen-bond donors (Lipinski definition) is 1. The number of rotatable bonds is 9. The number of benzene rings is 1. The molecular formula is C31H45N3O5S. The monoisotopic (exact) mass is 571 g/mol. The Morgan fingerprint density at radius 2 is 1.77 bits per heavy atom. The zero-order valence-electron chi connectivity index (χ0n) is 24.2. The lowest BCUT2D eigenvalue weighted by atomic mass is 9.82. The van der Waals surface area contributed by atoms with Gasteiger partial charge in [0.1, 0.15) is 11.8 Å². The van der Waals surface area contributed by atoms with Crippen LogP contribution in [0.5, 0.6) is 0 Å². The van der Waals surface area contributed by atoms with Gasteiger partial charge in [-0.25, -0.2) is 8.42 Å². The highest BCUT2D eigenvalue weighted by Gasteiger charge is 2.56. The minimum atomic E-state index is -3.55. The molecule has 1 aromatic carbocycles. The van der Waals surface area contributed by atoms with Crippen molar-refractivity contribution in [1.82, 2.24) is 14.5 Å². The van der Waals surface area contributed by atoms with Crippen molar-refractivity contribution in [2.75, 3.05) is 19.3 Å². The number of sulfonamides is 1. The number of amides is 2. The summed E-state index contributed by atoms with van der Waals surface area (Å²) >= 11 is 0. The quantitative estimate of drug-likeness (QED) is 0.487. The molecule has 9 heteroatoms. The lowest BCUT2D eigenvalue weighted by Gasteiger charge is -2.36. The molecule has 0 bridgehead atoms. The zero-order valence-corrected chi connectivity index (χ0v) is 25.0. The van der Waals surface area contributed by atoms with Gasteiger partial charge in [0.25, 0.3) is 0 Å². The van der Waals surface area contributed by atoms with E-state index in [-0.39, 0.29) is 41.9 Å². The summed E-state index contributed by atoms with van der Waals surface area (Å²) < 4.78 is 27.1. The Kier molecular flexibility index (Phi) is 8.72. The molecule has 2 amide bonds. The molecule has 2 aliphatic heterocycles. The number of nitrogens with zero attached hydrogens (tertiary/aromatic N) is 2. The van der Waals surface area contributed by atoms with Crippen molar-refractivity contribution in [2.24, 2.45) is 17.8 Å². The largest absolute Gasteiger partial charge is 0.344 e. The average Bonchev–Trinajstić information content (AvgIpc) is 3.65. The van der Waals surface area contributed by atoms with Gasteiger partial charge < -0.3 is 10.2 Å². The molecule has 40 heavy (non-hydrogen) atoms. The Morgan fingerprint density at radius 3 is 2.48 bits per heavy atom. The number of nitrogens with one attached hydrogen (secondary N) is 1. The second-order valence-electron chi connectivity index (χ2n) is 12.6. The molecule has 0 radical (unpaired) electrons. The highest BCUT2D eigenvalue weighted by atomic mass is 32.2. The van der Waals surface area contributed by atoms with Crippen LogP contribution in [0, 0.1) is 17.8 Å². The summed E-state index contributed by atoms with van der Waals surface area (Å²) in [5, 5.41) is 3.10. The van der Waals surface area contributed by atoms with Gasteiger partial charge in [-0.1, -0.05) is 57.4 Å². The van der Waals surface area contributed by atoms with E-state index in [1.165, 1.54) is 21.7 Å². The van der Waals surface area contributed by atoms with Crippen molar-refractivity contribution in [3.8, 4) is 0 Å². The maximum Gasteiger partial charge on any atom is 0.245 e. The van der Waals surface area contributed by atoms with E-state index in [1.807, 2.05) is 26.0 Å². The lowest BCUT2D eigenvalue weighted by Crippen LogP contribution is -2.56. The fraction of sp³-hybridized carbons (Fsp3) is 0.710. The number of likely N-dealkylation sites (tertiary alicyclic amines) is 1. The normalized spacial score (nSPS) is 28.6. The second-order valence-corrected chi connectivity index (χ2v) is 14.6. The van der Waals surface area contributed by atoms with Crippen LogP contribution < -0.4 is 5.32 Å². The first kappa shape index (κ1) is 29.2. The van der Waals surface area contributed by atoms with Crippen molar-refractivity contribution in [2.45, 2.75) is 102 Å². The molecular weight excluding hydrogens is 526 g/mol. The lowest BCUT2D eigenvalue weighted by molar-refractivity contribution is -0.141. The number of Topliss-reactive ketones (excluding diaryl/α,β-unsaturated/α-hetero) is 1. The number of hydrogen-bond acceptors (Lipinski definition) is 5. The predicted octanol–water partition coefficient (Wildman–Crippen LogP) is 3.65. The van der Waals surface area contributed by atoms with Gasteiger partial charge in [0, 0.05) is 31.5 Å². The van der Waals surface area contributed by atoms with Gasteiger partial charge in [-0.3, -0.25) is 14.4 Å². The van der Waals surface area contributed by atoms with Crippen molar-refractivity contribution in [3.05, 3.63) is 35.4 Å². The molecule has 2 heterocycles. The number of carbonyl (C=O) groups is 3. The molecule has 2 saturated heterocycles. The first-order valence-corrected chi connectivity index (χ1v) is 17.1. The van der Waals surface area contributed by atoms with Gasteiger partial charge in [-0.15, -0.1) is 0 Å². The van der Waals surface area contributed by atoms with Crippen molar-refractivity contribution >= 4 is 27.6 Å². The second kappa shape index (κ2) is 11.9. The van der Waals surface area contributed by atoms with Gasteiger partial charge in [0.05, 0.1) is 18.2 Å². The van der Waals surface area contributed by atoms with Crippen LogP contribution >= 0.6 is 0 Å². The molecule has 3 fully saturated rings. The molecule has 0 unspecified atom stereocenters. The van der Waals surface area contributed by atoms with E-state index in [4.69, 9.17) is 0 Å². The van der Waals surface area contributed by atoms with Crippen LogP contribution in [-0.2, 0) is 30.8 Å². The van der Waals surface area contributed by atoms with E-state index >= 15 is 0 Å². The first-order valence-electron chi connectivity index (χ1n) is 15.3. The highest BCUT2D eigenvalue weighted by molar-refractivity contribution is 7.88. The van der Waals surface area contributed by atoms with Gasteiger partial charge in [-0.2, -0.15) is 4.31 Å². The molecule has 2 aliphatic carbocycles. The third kappa shape index (κ3) is 5.73. The predicted molar refractivity (Wildman–Crippen MR) is 154 cm³/mol. The van der Waals surface area contributed by atoms with E-state index in [0.717, 1.165) is 44.9 Å². The van der Waals surface area contributed by atoms with E-state index in [2.05, 4.69) is 17.4 Å². The summed E-state index contributed by atoms with van der Waals surface area (Å²) in [4.78, 5) is 43.0. The van der Waals surface area contributed by atoms with E-state index in [1.54, 1.807) is 4.90 Å². The number of fused-ring (bicyclic) bond motifs is 2. The van der Waals surface area contributed by atoms with E-state index < -0.39 is 34.1 Å². The van der Waals surface area contributed by atoms with Crippen molar-refractivity contribution in [1.29, 1.82) is 0 Å². The Balaban J connectivity index is 1.41. The summed E-state index contributed by atoms with van der Waals surface area (Å²) in [6.45, 7) is 4.36. The number of aryl methyl sites for hydroxylation is 1. The Morgan fingerprint density at radius 1 is 1.05 bits per heavy atom. The molecule has 1 N–H and O–H groups in total. The van der Waals surface area contributed by atoms with Gasteiger partial charge in [-0.05, 0) is 61.5 Å². The summed E-state index contributed by atoms with van der Waals surface area (Å²) in [5.74, 6) is -0.776. The van der Waals surface area contributed by atoms with Crippen LogP contribution in [0.15, 0.2) is 24.3 Å². The Hall–Kier alpha value is -2.26. The highest BCUT2D eigenvalue weighted by Crippen LogP contribution is 2.42. The Bertz CT molecular complexity index is 1230. The molecule has 5 rings (SSSR count). The summed E-state index contributed by atoms with van der Waals surface area (Å²) in [5.41, 5.74) is 2.50. The summed E-state index contributed by atoms with van der Waals surface area (Å²) in [6, 6.07) is 6.73. The van der Waals surface area contributed by atoms with Crippen molar-refractivity contribution in [3.63, 3.8) is 0 Å². The fourth-order valence-electron chi connectivity index (χ4n) is 7.73. The molecule has 1 aromatic rings. The van der Waals surface area contributed by atoms with E-state index in [0.29, 0.717) is 25.8 Å². The smallest absolute Gasteiger partial charge is 0.245 e. The van der Waals surface area contributed by atoms with Crippen LogP contribution in [0.1, 0.15) is 88.7 Å². The molecule has 220 valence electrons.